The van der Waals surface area contributed by atoms with Crippen LogP contribution >= 0.6 is 11.3 Å². The van der Waals surface area contributed by atoms with Crippen molar-refractivity contribution in [1.82, 2.24) is 9.80 Å². The zero-order chi connectivity index (χ0) is 22.3. The highest BCUT2D eigenvalue weighted by Gasteiger charge is 2.34. The highest BCUT2D eigenvalue weighted by molar-refractivity contribution is 7.11. The predicted molar refractivity (Wildman–Crippen MR) is 130 cm³/mol. The maximum Gasteiger partial charge on any atom is 0.247 e. The average Bonchev–Trinajstić information content (AvgIpc) is 3.57. The van der Waals surface area contributed by atoms with Gasteiger partial charge in [-0.3, -0.25) is 9.59 Å². The Hall–Kier alpha value is -3.18. The van der Waals surface area contributed by atoms with Crippen LogP contribution in [-0.2, 0) is 22.7 Å². The van der Waals surface area contributed by atoms with E-state index in [-0.39, 0.29) is 24.4 Å². The molecule has 3 aromatic rings. The second-order valence-corrected chi connectivity index (χ2v) is 9.56. The summed E-state index contributed by atoms with van der Waals surface area (Å²) in [5.74, 6) is -0.121. The molecule has 1 heterocycles. The number of amides is 2. The van der Waals surface area contributed by atoms with Crippen molar-refractivity contribution in [1.29, 1.82) is 0 Å². The lowest BCUT2D eigenvalue weighted by molar-refractivity contribution is -0.139. The Labute approximate surface area is 193 Å². The third-order valence-electron chi connectivity index (χ3n) is 5.51. The molecule has 32 heavy (non-hydrogen) atoms. The quantitative estimate of drug-likeness (QED) is 0.421. The highest BCUT2D eigenvalue weighted by atomic mass is 32.1. The van der Waals surface area contributed by atoms with E-state index in [1.807, 2.05) is 71.6 Å². The van der Waals surface area contributed by atoms with Gasteiger partial charge in [0.15, 0.2) is 0 Å². The maximum atomic E-state index is 13.4. The second-order valence-electron chi connectivity index (χ2n) is 8.19. The minimum absolute atomic E-state index is 0.0201. The first-order valence-electron chi connectivity index (χ1n) is 11.0. The first kappa shape index (κ1) is 22.0. The van der Waals surface area contributed by atoms with Gasteiger partial charge in [0.25, 0.3) is 0 Å². The number of aryl methyl sites for hydroxylation is 1. The lowest BCUT2D eigenvalue weighted by Gasteiger charge is -2.27. The van der Waals surface area contributed by atoms with E-state index in [0.717, 1.165) is 28.8 Å². The number of thiophene rings is 1. The number of benzene rings is 2. The maximum absolute atomic E-state index is 13.4. The minimum Gasteiger partial charge on any atom is -0.332 e. The molecule has 0 unspecified atom stereocenters. The van der Waals surface area contributed by atoms with E-state index in [2.05, 4.69) is 19.1 Å². The largest absolute Gasteiger partial charge is 0.332 e. The van der Waals surface area contributed by atoms with Crippen LogP contribution in [0.5, 0.6) is 0 Å². The zero-order valence-electron chi connectivity index (χ0n) is 18.3. The van der Waals surface area contributed by atoms with Gasteiger partial charge in [0.1, 0.15) is 6.54 Å². The minimum atomic E-state index is -0.101. The fraction of sp³-hybridized carbons (Fsp3) is 0.259. The molecule has 0 saturated heterocycles. The molecule has 5 heteroatoms. The molecule has 1 saturated carbocycles. The summed E-state index contributed by atoms with van der Waals surface area (Å²) in [5.41, 5.74) is 2.06. The predicted octanol–water partition coefficient (Wildman–Crippen LogP) is 5.29. The third-order valence-corrected chi connectivity index (χ3v) is 6.49. The summed E-state index contributed by atoms with van der Waals surface area (Å²) in [6, 6.07) is 24.1. The Morgan fingerprint density at radius 3 is 2.25 bits per heavy atom. The van der Waals surface area contributed by atoms with Crippen molar-refractivity contribution in [2.75, 3.05) is 6.54 Å². The Balaban J connectivity index is 1.48. The van der Waals surface area contributed by atoms with E-state index in [9.17, 15) is 9.59 Å². The number of hydrogen-bond acceptors (Lipinski definition) is 3. The summed E-state index contributed by atoms with van der Waals surface area (Å²) >= 11 is 1.71. The van der Waals surface area contributed by atoms with Crippen molar-refractivity contribution in [2.45, 2.75) is 38.9 Å². The van der Waals surface area contributed by atoms with E-state index < -0.39 is 0 Å². The number of carbonyl (C=O) groups is 2. The number of rotatable bonds is 9. The van der Waals surface area contributed by atoms with Crippen LogP contribution in [0.3, 0.4) is 0 Å². The van der Waals surface area contributed by atoms with E-state index in [1.165, 1.54) is 4.88 Å². The lowest BCUT2D eigenvalue weighted by atomic mass is 10.2. The first-order valence-corrected chi connectivity index (χ1v) is 11.8. The molecule has 2 amide bonds. The van der Waals surface area contributed by atoms with Crippen molar-refractivity contribution < 1.29 is 9.59 Å². The van der Waals surface area contributed by atoms with Crippen molar-refractivity contribution in [3.8, 4) is 0 Å². The summed E-state index contributed by atoms with van der Waals surface area (Å²) in [6.45, 7) is 3.27. The highest BCUT2D eigenvalue weighted by Crippen LogP contribution is 2.28. The molecule has 1 aromatic heterocycles. The zero-order valence-corrected chi connectivity index (χ0v) is 19.1. The van der Waals surface area contributed by atoms with E-state index in [1.54, 1.807) is 22.3 Å². The van der Waals surface area contributed by atoms with Gasteiger partial charge in [-0.25, -0.2) is 0 Å². The number of nitrogens with zero attached hydrogens (tertiary/aromatic N) is 2. The lowest BCUT2D eigenvalue weighted by Crippen LogP contribution is -2.43. The molecular weight excluding hydrogens is 416 g/mol. The van der Waals surface area contributed by atoms with E-state index in [4.69, 9.17) is 0 Å². The molecule has 1 aliphatic rings. The standard InChI is InChI=1S/C27H28N2O2S/c1-21-12-16-25(32-21)19-28(18-23-10-6-3-7-11-23)27(31)20-29(24-14-15-24)26(30)17-13-22-8-4-2-5-9-22/h2-13,16-17,24H,14-15,18-20H2,1H3. The summed E-state index contributed by atoms with van der Waals surface area (Å²) in [4.78, 5) is 32.3. The van der Waals surface area contributed by atoms with Crippen LogP contribution < -0.4 is 0 Å². The van der Waals surface area contributed by atoms with Crippen LogP contribution in [0.2, 0.25) is 0 Å². The smallest absolute Gasteiger partial charge is 0.247 e. The number of carbonyl (C=O) groups excluding carboxylic acids is 2. The van der Waals surface area contributed by atoms with Gasteiger partial charge in [-0.05, 0) is 49.1 Å². The summed E-state index contributed by atoms with van der Waals surface area (Å²) in [6.07, 6.45) is 5.32. The molecule has 1 aliphatic carbocycles. The van der Waals surface area contributed by atoms with Crippen molar-refractivity contribution in [2.24, 2.45) is 0 Å². The molecule has 164 valence electrons. The molecule has 1 fully saturated rings. The van der Waals surface area contributed by atoms with Gasteiger partial charge >= 0.3 is 0 Å². The van der Waals surface area contributed by atoms with Crippen molar-refractivity contribution in [3.05, 3.63) is 99.8 Å². The van der Waals surface area contributed by atoms with Crippen molar-refractivity contribution in [3.63, 3.8) is 0 Å². The van der Waals surface area contributed by atoms with Gasteiger partial charge < -0.3 is 9.80 Å². The van der Waals surface area contributed by atoms with Crippen LogP contribution in [0.15, 0.2) is 78.9 Å². The van der Waals surface area contributed by atoms with E-state index >= 15 is 0 Å². The molecule has 4 rings (SSSR count). The topological polar surface area (TPSA) is 40.6 Å². The van der Waals surface area contributed by atoms with Crippen LogP contribution in [-0.4, -0.2) is 34.2 Å². The van der Waals surface area contributed by atoms with Crippen molar-refractivity contribution >= 4 is 29.2 Å². The van der Waals surface area contributed by atoms with Crippen LogP contribution in [0, 0.1) is 6.92 Å². The summed E-state index contributed by atoms with van der Waals surface area (Å²) < 4.78 is 0. The normalized spacial score (nSPS) is 13.3. The Bertz CT molecular complexity index is 1070. The molecule has 0 spiro atoms. The summed E-state index contributed by atoms with van der Waals surface area (Å²) in [5, 5.41) is 0. The fourth-order valence-corrected chi connectivity index (χ4v) is 4.55. The fourth-order valence-electron chi connectivity index (χ4n) is 3.64. The molecule has 0 N–H and O–H groups in total. The van der Waals surface area contributed by atoms with Gasteiger partial charge in [0.05, 0.1) is 6.54 Å². The van der Waals surface area contributed by atoms with E-state index in [0.29, 0.717) is 13.1 Å². The van der Waals surface area contributed by atoms with Crippen LogP contribution in [0.1, 0.15) is 33.7 Å². The van der Waals surface area contributed by atoms with Crippen LogP contribution in [0.4, 0.5) is 0 Å². The monoisotopic (exact) mass is 444 g/mol. The molecule has 2 aromatic carbocycles. The van der Waals surface area contributed by atoms with Gasteiger partial charge in [-0.15, -0.1) is 11.3 Å². The van der Waals surface area contributed by atoms with Gasteiger partial charge in [0, 0.05) is 28.4 Å². The van der Waals surface area contributed by atoms with Crippen LogP contribution in [0.25, 0.3) is 6.08 Å². The Kier molecular flexibility index (Phi) is 7.17. The molecule has 4 nitrogen and oxygen atoms in total. The second kappa shape index (κ2) is 10.4. The molecular formula is C27H28N2O2S. The first-order chi connectivity index (χ1) is 15.6. The van der Waals surface area contributed by atoms with Gasteiger partial charge in [-0.2, -0.15) is 0 Å². The SMILES string of the molecule is Cc1ccc(CN(Cc2ccccc2)C(=O)CN(C(=O)C=Cc2ccccc2)C2CC2)s1. The van der Waals surface area contributed by atoms with Gasteiger partial charge in [0.2, 0.25) is 11.8 Å². The Morgan fingerprint density at radius 2 is 1.62 bits per heavy atom. The molecule has 0 atom stereocenters. The summed E-state index contributed by atoms with van der Waals surface area (Å²) in [7, 11) is 0. The molecule has 0 radical (unpaired) electrons. The Morgan fingerprint density at radius 1 is 0.938 bits per heavy atom. The third kappa shape index (κ3) is 6.17. The average molecular weight is 445 g/mol. The van der Waals surface area contributed by atoms with Gasteiger partial charge in [-0.1, -0.05) is 60.7 Å². The molecule has 0 aliphatic heterocycles. The number of hydrogen-bond donors (Lipinski definition) is 0. The molecule has 0 bridgehead atoms.